The molecule has 120 valence electrons. The molecule has 0 bridgehead atoms. The molecule has 0 unspecified atom stereocenters. The van der Waals surface area contributed by atoms with Crippen molar-refractivity contribution >= 4 is 0 Å². The topological polar surface area (TPSA) is 15.7 Å². The summed E-state index contributed by atoms with van der Waals surface area (Å²) in [6.45, 7) is 6.01. The molecule has 2 saturated carbocycles. The van der Waals surface area contributed by atoms with Gasteiger partial charge in [-0.05, 0) is 76.4 Å². The summed E-state index contributed by atoms with van der Waals surface area (Å²) in [6.07, 6.45) is 11.4. The molecule has 4 aliphatic rings. The van der Waals surface area contributed by atoms with Gasteiger partial charge in [-0.3, -0.25) is 0 Å². The summed E-state index contributed by atoms with van der Waals surface area (Å²) >= 11 is 0. The van der Waals surface area contributed by atoms with Gasteiger partial charge < -0.3 is 14.5 Å². The first-order valence-electron chi connectivity index (χ1n) is 9.26. The SMILES string of the molecule is CN1CC2(CCN(C3CCC3)CC2)C[C@H]1COCC1CC1. The summed E-state index contributed by atoms with van der Waals surface area (Å²) in [5, 5.41) is 0. The Kier molecular flexibility index (Phi) is 4.01. The minimum absolute atomic E-state index is 0.614. The lowest BCUT2D eigenvalue weighted by Gasteiger charge is -2.45. The average molecular weight is 292 g/mol. The third-order valence-electron chi connectivity index (χ3n) is 6.69. The standard InChI is InChI=1S/C18H32N2O/c1-19-14-18(11-17(19)13-21-12-15-5-6-15)7-9-20(10-8-18)16-3-2-4-16/h15-17H,2-14H2,1H3/t17-/m0/s1. The summed E-state index contributed by atoms with van der Waals surface area (Å²) in [6, 6.07) is 1.62. The van der Waals surface area contributed by atoms with Crippen LogP contribution in [0, 0.1) is 11.3 Å². The summed E-state index contributed by atoms with van der Waals surface area (Å²) in [5.74, 6) is 0.899. The number of piperidine rings is 1. The fourth-order valence-electron chi connectivity index (χ4n) is 4.70. The third-order valence-corrected chi connectivity index (χ3v) is 6.69. The van der Waals surface area contributed by atoms with Gasteiger partial charge in [0.05, 0.1) is 6.61 Å². The van der Waals surface area contributed by atoms with Gasteiger partial charge in [-0.25, -0.2) is 0 Å². The van der Waals surface area contributed by atoms with Gasteiger partial charge in [-0.1, -0.05) is 6.42 Å². The highest BCUT2D eigenvalue weighted by Gasteiger charge is 2.45. The number of ether oxygens (including phenoxy) is 1. The Bertz CT molecular complexity index is 356. The molecule has 1 spiro atoms. The highest BCUT2D eigenvalue weighted by atomic mass is 16.5. The molecule has 0 aromatic heterocycles. The van der Waals surface area contributed by atoms with Crippen LogP contribution in [0.5, 0.6) is 0 Å². The Balaban J connectivity index is 1.25. The van der Waals surface area contributed by atoms with E-state index in [0.717, 1.165) is 25.2 Å². The summed E-state index contributed by atoms with van der Waals surface area (Å²) in [5.41, 5.74) is 0.614. The molecular weight excluding hydrogens is 260 g/mol. The molecule has 21 heavy (non-hydrogen) atoms. The van der Waals surface area contributed by atoms with Gasteiger partial charge in [0.1, 0.15) is 0 Å². The molecule has 2 aliphatic heterocycles. The second-order valence-corrected chi connectivity index (χ2v) is 8.37. The number of hydrogen-bond donors (Lipinski definition) is 0. The number of hydrogen-bond acceptors (Lipinski definition) is 3. The molecule has 1 atom stereocenters. The van der Waals surface area contributed by atoms with Crippen LogP contribution in [0.2, 0.25) is 0 Å². The van der Waals surface area contributed by atoms with E-state index in [4.69, 9.17) is 4.74 Å². The fraction of sp³-hybridized carbons (Fsp3) is 1.00. The second-order valence-electron chi connectivity index (χ2n) is 8.37. The lowest BCUT2D eigenvalue weighted by atomic mass is 9.75. The van der Waals surface area contributed by atoms with Crippen LogP contribution in [0.25, 0.3) is 0 Å². The zero-order valence-corrected chi connectivity index (χ0v) is 13.7. The van der Waals surface area contributed by atoms with Crippen LogP contribution < -0.4 is 0 Å². The Morgan fingerprint density at radius 2 is 1.81 bits per heavy atom. The van der Waals surface area contributed by atoms with Crippen molar-refractivity contribution in [2.45, 2.75) is 63.5 Å². The first kappa shape index (κ1) is 14.5. The Morgan fingerprint density at radius 1 is 1.05 bits per heavy atom. The van der Waals surface area contributed by atoms with Crippen LogP contribution in [0.3, 0.4) is 0 Å². The summed E-state index contributed by atoms with van der Waals surface area (Å²) in [7, 11) is 2.32. The number of nitrogens with zero attached hydrogens (tertiary/aromatic N) is 2. The van der Waals surface area contributed by atoms with E-state index >= 15 is 0 Å². The quantitative estimate of drug-likeness (QED) is 0.775. The molecule has 2 heterocycles. The Labute approximate surface area is 130 Å². The van der Waals surface area contributed by atoms with Gasteiger partial charge in [-0.15, -0.1) is 0 Å². The third kappa shape index (κ3) is 3.16. The lowest BCUT2D eigenvalue weighted by molar-refractivity contribution is 0.0468. The fourth-order valence-corrected chi connectivity index (χ4v) is 4.70. The number of rotatable bonds is 5. The van der Waals surface area contributed by atoms with Crippen molar-refractivity contribution in [3.8, 4) is 0 Å². The zero-order chi connectivity index (χ0) is 14.3. The van der Waals surface area contributed by atoms with Crippen molar-refractivity contribution in [3.05, 3.63) is 0 Å². The smallest absolute Gasteiger partial charge is 0.0622 e. The largest absolute Gasteiger partial charge is 0.380 e. The van der Waals surface area contributed by atoms with E-state index in [9.17, 15) is 0 Å². The van der Waals surface area contributed by atoms with E-state index in [0.29, 0.717) is 11.5 Å². The molecule has 3 nitrogen and oxygen atoms in total. The minimum atomic E-state index is 0.614. The zero-order valence-electron chi connectivity index (χ0n) is 13.7. The second kappa shape index (κ2) is 5.82. The van der Waals surface area contributed by atoms with E-state index in [2.05, 4.69) is 16.8 Å². The first-order valence-corrected chi connectivity index (χ1v) is 9.26. The van der Waals surface area contributed by atoms with Crippen molar-refractivity contribution in [2.75, 3.05) is 39.9 Å². The van der Waals surface area contributed by atoms with Crippen LogP contribution in [-0.2, 0) is 4.74 Å². The van der Waals surface area contributed by atoms with Crippen molar-refractivity contribution in [2.24, 2.45) is 11.3 Å². The molecule has 3 heteroatoms. The van der Waals surface area contributed by atoms with Crippen molar-refractivity contribution < 1.29 is 4.74 Å². The highest BCUT2D eigenvalue weighted by molar-refractivity contribution is 4.99. The predicted molar refractivity (Wildman–Crippen MR) is 85.5 cm³/mol. The predicted octanol–water partition coefficient (Wildman–Crippen LogP) is 2.75. The van der Waals surface area contributed by atoms with E-state index in [1.165, 1.54) is 71.0 Å². The van der Waals surface area contributed by atoms with Gasteiger partial charge in [0.2, 0.25) is 0 Å². The first-order chi connectivity index (χ1) is 10.2. The van der Waals surface area contributed by atoms with Gasteiger partial charge in [0.25, 0.3) is 0 Å². The Hall–Kier alpha value is -0.120. The lowest BCUT2D eigenvalue weighted by Crippen LogP contribution is -2.48. The van der Waals surface area contributed by atoms with Crippen LogP contribution in [0.15, 0.2) is 0 Å². The maximum atomic E-state index is 5.98. The average Bonchev–Trinajstić information content (AvgIpc) is 3.17. The van der Waals surface area contributed by atoms with Crippen molar-refractivity contribution in [1.29, 1.82) is 0 Å². The number of likely N-dealkylation sites (N-methyl/N-ethyl adjacent to an activating group) is 1. The molecule has 0 aromatic rings. The van der Waals surface area contributed by atoms with Gasteiger partial charge >= 0.3 is 0 Å². The van der Waals surface area contributed by atoms with E-state index in [1.807, 2.05) is 0 Å². The molecular formula is C18H32N2O. The van der Waals surface area contributed by atoms with Crippen LogP contribution in [-0.4, -0.2) is 61.8 Å². The van der Waals surface area contributed by atoms with Crippen LogP contribution >= 0.6 is 0 Å². The maximum Gasteiger partial charge on any atom is 0.0622 e. The Morgan fingerprint density at radius 3 is 2.43 bits per heavy atom. The molecule has 4 rings (SSSR count). The van der Waals surface area contributed by atoms with Crippen molar-refractivity contribution in [3.63, 3.8) is 0 Å². The summed E-state index contributed by atoms with van der Waals surface area (Å²) < 4.78 is 5.98. The van der Waals surface area contributed by atoms with Gasteiger partial charge in [0, 0.05) is 25.2 Å². The van der Waals surface area contributed by atoms with Crippen LogP contribution in [0.1, 0.15) is 51.4 Å². The van der Waals surface area contributed by atoms with Gasteiger partial charge in [-0.2, -0.15) is 0 Å². The normalized spacial score (nSPS) is 34.4. The molecule has 0 N–H and O–H groups in total. The molecule has 0 amide bonds. The van der Waals surface area contributed by atoms with E-state index in [1.54, 1.807) is 0 Å². The molecule has 2 saturated heterocycles. The monoisotopic (exact) mass is 292 g/mol. The number of likely N-dealkylation sites (tertiary alicyclic amines) is 2. The summed E-state index contributed by atoms with van der Waals surface area (Å²) in [4.78, 5) is 5.37. The molecule has 0 aromatic carbocycles. The highest BCUT2D eigenvalue weighted by Crippen LogP contribution is 2.44. The van der Waals surface area contributed by atoms with Gasteiger partial charge in [0.15, 0.2) is 0 Å². The van der Waals surface area contributed by atoms with E-state index in [-0.39, 0.29) is 0 Å². The molecule has 0 radical (unpaired) electrons. The van der Waals surface area contributed by atoms with E-state index < -0.39 is 0 Å². The molecule has 2 aliphatic carbocycles. The maximum absolute atomic E-state index is 5.98. The van der Waals surface area contributed by atoms with Crippen molar-refractivity contribution in [1.82, 2.24) is 9.80 Å². The minimum Gasteiger partial charge on any atom is -0.380 e. The molecule has 4 fully saturated rings. The van der Waals surface area contributed by atoms with Crippen LogP contribution in [0.4, 0.5) is 0 Å².